The average molecular weight is 536 g/mol. The van der Waals surface area contributed by atoms with Crippen molar-refractivity contribution in [3.63, 3.8) is 0 Å². The van der Waals surface area contributed by atoms with Gasteiger partial charge in [0, 0.05) is 31.6 Å². The smallest absolute Gasteiger partial charge is 0.258 e. The van der Waals surface area contributed by atoms with E-state index in [1.165, 1.54) is 7.11 Å². The zero-order valence-corrected chi connectivity index (χ0v) is 21.8. The molecular formula is C28H29N3O6S. The van der Waals surface area contributed by atoms with Crippen LogP contribution in [0.5, 0.6) is 17.2 Å². The minimum absolute atomic E-state index is 0.0149. The van der Waals surface area contributed by atoms with E-state index in [4.69, 9.17) is 14.2 Å². The third kappa shape index (κ3) is 6.08. The van der Waals surface area contributed by atoms with Gasteiger partial charge in [0.2, 0.25) is 5.91 Å². The number of piperidine rings is 1. The number of hydrogen-bond acceptors (Lipinski definition) is 7. The van der Waals surface area contributed by atoms with Gasteiger partial charge in [0.1, 0.15) is 11.9 Å². The summed E-state index contributed by atoms with van der Waals surface area (Å²) in [7, 11) is 1.49. The summed E-state index contributed by atoms with van der Waals surface area (Å²) in [6.45, 7) is 0.974. The van der Waals surface area contributed by atoms with Crippen molar-refractivity contribution in [1.29, 1.82) is 0 Å². The summed E-state index contributed by atoms with van der Waals surface area (Å²) in [6.07, 6.45) is 0.553. The van der Waals surface area contributed by atoms with Gasteiger partial charge in [-0.1, -0.05) is 12.1 Å². The Balaban J connectivity index is 1.41. The number of hydrogen-bond donors (Lipinski definition) is 2. The highest BCUT2D eigenvalue weighted by Crippen LogP contribution is 2.29. The molecule has 4 bridgehead atoms. The standard InChI is InChI=1S/C28H29N3O6S/c1-35-24-7-4-20-13-25(24)36-16-26(32)29-14-18-2-5-21(6-3-18)37-23-8-10-31(15-22(23)30-28(20)34)27(33)12-19-9-11-38-17-19/h2-7,9,11,13,17,22-23H,8,10,12,14-16H2,1H3,(H,29,32)(H,30,34)/t22-,23+/m0/s1. The van der Waals surface area contributed by atoms with E-state index in [-0.39, 0.29) is 36.2 Å². The lowest BCUT2D eigenvalue weighted by atomic mass is 10.00. The number of nitrogens with zero attached hydrogens (tertiary/aromatic N) is 1. The first-order valence-electron chi connectivity index (χ1n) is 12.4. The summed E-state index contributed by atoms with van der Waals surface area (Å²) in [5.74, 6) is 0.721. The molecule has 6 rings (SSSR count). The van der Waals surface area contributed by atoms with Crippen LogP contribution < -0.4 is 24.8 Å². The second-order valence-electron chi connectivity index (χ2n) is 9.25. The molecule has 38 heavy (non-hydrogen) atoms. The van der Waals surface area contributed by atoms with Crippen molar-refractivity contribution >= 4 is 29.1 Å². The van der Waals surface area contributed by atoms with Crippen molar-refractivity contribution in [2.45, 2.75) is 31.5 Å². The molecule has 3 aromatic rings. The Hall–Kier alpha value is -4.05. The number of thiophene rings is 1. The van der Waals surface area contributed by atoms with Gasteiger partial charge in [-0.3, -0.25) is 14.4 Å². The molecule has 0 aliphatic carbocycles. The minimum Gasteiger partial charge on any atom is -0.493 e. The average Bonchev–Trinajstić information content (AvgIpc) is 3.44. The van der Waals surface area contributed by atoms with Crippen molar-refractivity contribution < 1.29 is 28.6 Å². The predicted octanol–water partition coefficient (Wildman–Crippen LogP) is 2.79. The van der Waals surface area contributed by atoms with Gasteiger partial charge in [-0.15, -0.1) is 0 Å². The highest BCUT2D eigenvalue weighted by Gasteiger charge is 2.34. The van der Waals surface area contributed by atoms with Crippen molar-refractivity contribution in [2.24, 2.45) is 0 Å². The topological polar surface area (TPSA) is 106 Å². The lowest BCUT2D eigenvalue weighted by molar-refractivity contribution is -0.133. The molecule has 2 N–H and O–H groups in total. The Labute approximate surface area is 224 Å². The van der Waals surface area contributed by atoms with Crippen molar-refractivity contribution in [1.82, 2.24) is 15.5 Å². The maximum atomic E-state index is 13.4. The van der Waals surface area contributed by atoms with Gasteiger partial charge >= 0.3 is 0 Å². The van der Waals surface area contributed by atoms with Gasteiger partial charge in [0.15, 0.2) is 18.1 Å². The monoisotopic (exact) mass is 535 g/mol. The zero-order chi connectivity index (χ0) is 26.5. The summed E-state index contributed by atoms with van der Waals surface area (Å²) in [5, 5.41) is 9.82. The Morgan fingerprint density at radius 1 is 1.16 bits per heavy atom. The first-order valence-corrected chi connectivity index (χ1v) is 13.4. The molecule has 10 heteroatoms. The molecule has 9 nitrogen and oxygen atoms in total. The normalized spacial score (nSPS) is 19.8. The van der Waals surface area contributed by atoms with Gasteiger partial charge in [-0.2, -0.15) is 11.3 Å². The highest BCUT2D eigenvalue weighted by atomic mass is 32.1. The van der Waals surface area contributed by atoms with E-state index in [2.05, 4.69) is 10.6 Å². The fourth-order valence-corrected chi connectivity index (χ4v) is 5.22. The van der Waals surface area contributed by atoms with Crippen LogP contribution in [-0.4, -0.2) is 61.6 Å². The maximum Gasteiger partial charge on any atom is 0.258 e. The number of amides is 3. The van der Waals surface area contributed by atoms with Crippen LogP contribution in [0.2, 0.25) is 0 Å². The van der Waals surface area contributed by atoms with E-state index in [9.17, 15) is 14.4 Å². The first kappa shape index (κ1) is 25.6. The molecule has 1 aromatic heterocycles. The van der Waals surface area contributed by atoms with Crippen LogP contribution in [0.4, 0.5) is 0 Å². The predicted molar refractivity (Wildman–Crippen MR) is 142 cm³/mol. The van der Waals surface area contributed by atoms with E-state index in [0.29, 0.717) is 49.5 Å². The fourth-order valence-electron chi connectivity index (χ4n) is 4.55. The molecule has 3 aliphatic heterocycles. The summed E-state index contributed by atoms with van der Waals surface area (Å²) in [6, 6.07) is 13.8. The Morgan fingerprint density at radius 3 is 2.76 bits per heavy atom. The molecule has 2 aromatic carbocycles. The van der Waals surface area contributed by atoms with Gasteiger partial charge in [-0.05, 0) is 58.3 Å². The number of nitrogens with one attached hydrogen (secondary N) is 2. The highest BCUT2D eigenvalue weighted by molar-refractivity contribution is 7.08. The lowest BCUT2D eigenvalue weighted by Gasteiger charge is -2.39. The zero-order valence-electron chi connectivity index (χ0n) is 21.0. The van der Waals surface area contributed by atoms with Crippen LogP contribution in [-0.2, 0) is 22.6 Å². The number of fused-ring (bicyclic) bond motifs is 7. The number of benzene rings is 2. The maximum absolute atomic E-state index is 13.4. The number of carbonyl (C=O) groups excluding carboxylic acids is 3. The molecular weight excluding hydrogens is 506 g/mol. The molecule has 0 unspecified atom stereocenters. The second-order valence-corrected chi connectivity index (χ2v) is 10.0. The molecule has 1 saturated heterocycles. The number of carbonyl (C=O) groups is 3. The van der Waals surface area contributed by atoms with Gasteiger partial charge < -0.3 is 29.7 Å². The molecule has 0 saturated carbocycles. The SMILES string of the molecule is COc1ccc2cc1OCC(=O)NCc1ccc(cc1)O[C@@H]1CCN(C(=O)Cc3ccsc3)C[C@@H]1NC2=O. The van der Waals surface area contributed by atoms with E-state index >= 15 is 0 Å². The van der Waals surface area contributed by atoms with Crippen molar-refractivity contribution in [3.05, 3.63) is 76.0 Å². The van der Waals surface area contributed by atoms with Crippen LogP contribution in [0.1, 0.15) is 27.9 Å². The van der Waals surface area contributed by atoms with Gasteiger partial charge in [0.05, 0.1) is 19.6 Å². The van der Waals surface area contributed by atoms with E-state index in [1.54, 1.807) is 34.4 Å². The van der Waals surface area contributed by atoms with E-state index < -0.39 is 6.04 Å². The second kappa shape index (κ2) is 11.6. The molecule has 2 atom stereocenters. The number of rotatable bonds is 3. The fraction of sp³-hybridized carbons (Fsp3) is 0.321. The lowest BCUT2D eigenvalue weighted by Crippen LogP contribution is -2.58. The Morgan fingerprint density at radius 2 is 2.00 bits per heavy atom. The largest absolute Gasteiger partial charge is 0.493 e. The van der Waals surface area contributed by atoms with Crippen LogP contribution in [0.15, 0.2) is 59.3 Å². The van der Waals surface area contributed by atoms with Gasteiger partial charge in [-0.25, -0.2) is 0 Å². The van der Waals surface area contributed by atoms with Crippen molar-refractivity contribution in [2.75, 3.05) is 26.8 Å². The van der Waals surface area contributed by atoms with Crippen LogP contribution in [0, 0.1) is 0 Å². The minimum atomic E-state index is -0.437. The molecule has 4 heterocycles. The van der Waals surface area contributed by atoms with Crippen LogP contribution in [0.3, 0.4) is 0 Å². The molecule has 3 amide bonds. The number of methoxy groups -OCH3 is 1. The molecule has 0 spiro atoms. The van der Waals surface area contributed by atoms with Crippen LogP contribution in [0.25, 0.3) is 0 Å². The molecule has 1 fully saturated rings. The first-order chi connectivity index (χ1) is 18.5. The third-order valence-electron chi connectivity index (χ3n) is 6.64. The van der Waals surface area contributed by atoms with Crippen LogP contribution >= 0.6 is 11.3 Å². The third-order valence-corrected chi connectivity index (χ3v) is 7.37. The summed E-state index contributed by atoms with van der Waals surface area (Å²) in [4.78, 5) is 40.5. The number of ether oxygens (including phenoxy) is 3. The van der Waals surface area contributed by atoms with E-state index in [0.717, 1.165) is 11.1 Å². The van der Waals surface area contributed by atoms with Gasteiger partial charge in [0.25, 0.3) is 11.8 Å². The van der Waals surface area contributed by atoms with Crippen molar-refractivity contribution in [3.8, 4) is 17.2 Å². The number of likely N-dealkylation sites (tertiary alicyclic amines) is 1. The van der Waals surface area contributed by atoms with E-state index in [1.807, 2.05) is 41.1 Å². The Kier molecular flexibility index (Phi) is 7.78. The quantitative estimate of drug-likeness (QED) is 0.534. The summed E-state index contributed by atoms with van der Waals surface area (Å²) >= 11 is 1.56. The summed E-state index contributed by atoms with van der Waals surface area (Å²) < 4.78 is 17.4. The molecule has 198 valence electrons. The Bertz CT molecular complexity index is 1290. The molecule has 3 aliphatic rings. The summed E-state index contributed by atoms with van der Waals surface area (Å²) in [5.41, 5.74) is 2.23. The molecule has 0 radical (unpaired) electrons.